The van der Waals surface area contributed by atoms with E-state index < -0.39 is 0 Å². The molecule has 0 bridgehead atoms. The van der Waals surface area contributed by atoms with Crippen molar-refractivity contribution in [3.63, 3.8) is 0 Å². The summed E-state index contributed by atoms with van der Waals surface area (Å²) in [5.74, 6) is -0.0365. The molecule has 0 saturated carbocycles. The summed E-state index contributed by atoms with van der Waals surface area (Å²) in [5, 5.41) is 20.6. The van der Waals surface area contributed by atoms with E-state index in [2.05, 4.69) is 31.9 Å². The second-order valence-corrected chi connectivity index (χ2v) is 4.81. The molecule has 2 aromatic carbocycles. The first-order chi connectivity index (χ1) is 7.52. The molecule has 0 heterocycles. The summed E-state index contributed by atoms with van der Waals surface area (Å²) in [6.07, 6.45) is 0. The molecule has 0 unspecified atom stereocenters. The second kappa shape index (κ2) is 4.07. The molecule has 16 heavy (non-hydrogen) atoms. The maximum atomic E-state index is 11.2. The Labute approximate surface area is 108 Å². The molecule has 0 atom stereocenters. The van der Waals surface area contributed by atoms with Crippen molar-refractivity contribution in [2.75, 3.05) is 0 Å². The van der Waals surface area contributed by atoms with Gasteiger partial charge in [0.1, 0.15) is 11.5 Å². The number of hydrogen-bond donors (Lipinski definition) is 2. The van der Waals surface area contributed by atoms with Crippen LogP contribution in [0.3, 0.4) is 0 Å². The Balaban J connectivity index is 3.10. The van der Waals surface area contributed by atoms with Crippen LogP contribution in [0.15, 0.2) is 38.0 Å². The van der Waals surface area contributed by atoms with Crippen LogP contribution < -0.4 is 5.43 Å². The molecule has 0 aliphatic heterocycles. The SMILES string of the molecule is O=c1ccc2c(O)c(Br)c(Br)c(O)c2cc1. The van der Waals surface area contributed by atoms with Crippen molar-refractivity contribution in [2.45, 2.75) is 0 Å². The first-order valence-corrected chi connectivity index (χ1v) is 5.94. The van der Waals surface area contributed by atoms with Gasteiger partial charge in [-0.25, -0.2) is 0 Å². The lowest BCUT2D eigenvalue weighted by Crippen LogP contribution is -1.87. The van der Waals surface area contributed by atoms with Crippen molar-refractivity contribution in [3.8, 4) is 11.5 Å². The minimum atomic E-state index is -0.192. The lowest BCUT2D eigenvalue weighted by Gasteiger charge is -2.06. The minimum Gasteiger partial charge on any atom is -0.506 e. The van der Waals surface area contributed by atoms with Crippen molar-refractivity contribution in [1.82, 2.24) is 0 Å². The number of fused-ring (bicyclic) bond motifs is 1. The number of phenols is 2. The van der Waals surface area contributed by atoms with Crippen LogP contribution in [-0.2, 0) is 0 Å². The summed E-state index contributed by atoms with van der Waals surface area (Å²) < 4.78 is 0.715. The van der Waals surface area contributed by atoms with Crippen LogP contribution in [0.1, 0.15) is 0 Å². The number of hydrogen-bond acceptors (Lipinski definition) is 3. The van der Waals surface area contributed by atoms with Crippen LogP contribution in [0.2, 0.25) is 0 Å². The molecule has 2 aromatic rings. The van der Waals surface area contributed by atoms with Crippen molar-refractivity contribution in [3.05, 3.63) is 43.4 Å². The Hall–Kier alpha value is -1.07. The van der Waals surface area contributed by atoms with Gasteiger partial charge in [-0.2, -0.15) is 0 Å². The lowest BCUT2D eigenvalue weighted by molar-refractivity contribution is 0.464. The summed E-state index contributed by atoms with van der Waals surface area (Å²) in [4.78, 5) is 11.2. The largest absolute Gasteiger partial charge is 0.506 e. The van der Waals surface area contributed by atoms with E-state index >= 15 is 0 Å². The van der Waals surface area contributed by atoms with Gasteiger partial charge in [0, 0.05) is 10.8 Å². The number of rotatable bonds is 0. The van der Waals surface area contributed by atoms with Crippen molar-refractivity contribution in [1.29, 1.82) is 0 Å². The van der Waals surface area contributed by atoms with E-state index in [1.807, 2.05) is 0 Å². The average Bonchev–Trinajstić information content (AvgIpc) is 2.46. The first kappa shape index (κ1) is 11.4. The fraction of sp³-hybridized carbons (Fsp3) is 0. The summed E-state index contributed by atoms with van der Waals surface area (Å²) in [6, 6.07) is 5.62. The first-order valence-electron chi connectivity index (χ1n) is 4.35. The summed E-state index contributed by atoms with van der Waals surface area (Å²) in [6.45, 7) is 0. The van der Waals surface area contributed by atoms with Gasteiger partial charge in [0.2, 0.25) is 0 Å². The van der Waals surface area contributed by atoms with E-state index in [1.54, 1.807) is 0 Å². The fourth-order valence-electron chi connectivity index (χ4n) is 1.42. The van der Waals surface area contributed by atoms with E-state index in [4.69, 9.17) is 0 Å². The van der Waals surface area contributed by atoms with E-state index in [0.717, 1.165) is 0 Å². The Morgan fingerprint density at radius 3 is 1.56 bits per heavy atom. The molecule has 2 N–H and O–H groups in total. The zero-order chi connectivity index (χ0) is 11.9. The monoisotopic (exact) mass is 344 g/mol. The van der Waals surface area contributed by atoms with Gasteiger partial charge in [-0.1, -0.05) is 0 Å². The van der Waals surface area contributed by atoms with Crippen molar-refractivity contribution >= 4 is 42.6 Å². The molecule has 82 valence electrons. The maximum Gasteiger partial charge on any atom is 0.178 e. The fourth-order valence-corrected chi connectivity index (χ4v) is 2.23. The van der Waals surface area contributed by atoms with E-state index in [9.17, 15) is 15.0 Å². The zero-order valence-corrected chi connectivity index (χ0v) is 11.0. The highest BCUT2D eigenvalue weighted by molar-refractivity contribution is 9.13. The molecular weight excluding hydrogens is 340 g/mol. The Bertz CT molecular complexity index is 585. The molecule has 5 heteroatoms. The molecule has 0 radical (unpaired) electrons. The standard InChI is InChI=1S/C11H6Br2O3/c12-8-9(13)11(16)7-4-2-5(14)1-3-6(7)10(8)15/h1-4,15-16H. The van der Waals surface area contributed by atoms with Gasteiger partial charge < -0.3 is 10.2 Å². The lowest BCUT2D eigenvalue weighted by atomic mass is 10.1. The Kier molecular flexibility index (Phi) is 2.90. The molecule has 0 saturated heterocycles. The van der Waals surface area contributed by atoms with Gasteiger partial charge in [-0.3, -0.25) is 4.79 Å². The quantitative estimate of drug-likeness (QED) is 0.721. The van der Waals surface area contributed by atoms with Gasteiger partial charge >= 0.3 is 0 Å². The highest BCUT2D eigenvalue weighted by atomic mass is 79.9. The maximum absolute atomic E-state index is 11.2. The molecule has 3 nitrogen and oxygen atoms in total. The molecule has 0 aliphatic rings. The predicted octanol–water partition coefficient (Wildman–Crippen LogP) is 3.14. The van der Waals surface area contributed by atoms with E-state index in [1.165, 1.54) is 24.3 Å². The average molecular weight is 346 g/mol. The van der Waals surface area contributed by atoms with Crippen LogP contribution in [0.5, 0.6) is 11.5 Å². The number of benzene rings is 1. The number of halogens is 2. The van der Waals surface area contributed by atoms with Crippen LogP contribution >= 0.6 is 31.9 Å². The number of aromatic hydroxyl groups is 2. The third-order valence-corrected chi connectivity index (χ3v) is 4.31. The van der Waals surface area contributed by atoms with Crippen LogP contribution in [0.25, 0.3) is 10.8 Å². The predicted molar refractivity (Wildman–Crippen MR) is 68.9 cm³/mol. The van der Waals surface area contributed by atoms with Crippen molar-refractivity contribution < 1.29 is 10.2 Å². The Morgan fingerprint density at radius 2 is 1.19 bits per heavy atom. The molecule has 0 spiro atoms. The second-order valence-electron chi connectivity index (χ2n) is 3.22. The number of phenolic OH excluding ortho intramolecular Hbond substituents is 2. The molecule has 0 fully saturated rings. The highest BCUT2D eigenvalue weighted by Gasteiger charge is 2.14. The summed E-state index contributed by atoms with van der Waals surface area (Å²) in [5.41, 5.74) is -0.192. The highest BCUT2D eigenvalue weighted by Crippen LogP contribution is 2.44. The molecule has 0 amide bonds. The van der Waals surface area contributed by atoms with E-state index in [-0.39, 0.29) is 16.9 Å². The van der Waals surface area contributed by atoms with Gasteiger partial charge in [0.25, 0.3) is 0 Å². The normalized spacial score (nSPS) is 10.6. The van der Waals surface area contributed by atoms with Gasteiger partial charge in [0.15, 0.2) is 5.43 Å². The van der Waals surface area contributed by atoms with Crippen LogP contribution in [-0.4, -0.2) is 10.2 Å². The summed E-state index contributed by atoms with van der Waals surface area (Å²) >= 11 is 6.30. The molecule has 0 aromatic heterocycles. The van der Waals surface area contributed by atoms with Crippen LogP contribution in [0, 0.1) is 0 Å². The Morgan fingerprint density at radius 1 is 0.812 bits per heavy atom. The molecule has 2 rings (SSSR count). The van der Waals surface area contributed by atoms with Crippen molar-refractivity contribution in [2.24, 2.45) is 0 Å². The van der Waals surface area contributed by atoms with Gasteiger partial charge in [-0.05, 0) is 56.1 Å². The van der Waals surface area contributed by atoms with E-state index in [0.29, 0.717) is 19.7 Å². The zero-order valence-electron chi connectivity index (χ0n) is 7.87. The third kappa shape index (κ3) is 1.70. The topological polar surface area (TPSA) is 57.5 Å². The van der Waals surface area contributed by atoms with Gasteiger partial charge in [-0.15, -0.1) is 0 Å². The third-order valence-electron chi connectivity index (χ3n) is 2.24. The molecule has 0 aliphatic carbocycles. The van der Waals surface area contributed by atoms with Crippen LogP contribution in [0.4, 0.5) is 0 Å². The van der Waals surface area contributed by atoms with Gasteiger partial charge in [0.05, 0.1) is 8.95 Å². The smallest absolute Gasteiger partial charge is 0.178 e. The minimum absolute atomic E-state index is 0.0183. The summed E-state index contributed by atoms with van der Waals surface area (Å²) in [7, 11) is 0. The molecular formula is C11H6Br2O3.